The van der Waals surface area contributed by atoms with Crippen LogP contribution in [-0.4, -0.2) is 24.4 Å². The molecule has 22 heavy (non-hydrogen) atoms. The summed E-state index contributed by atoms with van der Waals surface area (Å²) in [5.41, 5.74) is -0.562. The van der Waals surface area contributed by atoms with Gasteiger partial charge in [0.25, 0.3) is 0 Å². The first-order valence-corrected chi connectivity index (χ1v) is 10.6. The van der Waals surface area contributed by atoms with E-state index >= 15 is 0 Å². The van der Waals surface area contributed by atoms with Crippen molar-refractivity contribution in [3.8, 4) is 6.07 Å². The lowest BCUT2D eigenvalue weighted by Crippen LogP contribution is -2.24. The SMILES string of the molecule is CCC(C)SC(C)(S)P(=O)(O)OC(C#N)C1C(C)(C)C1(Cl)Cl. The molecule has 0 spiro atoms. The van der Waals surface area contributed by atoms with Crippen molar-refractivity contribution in [3.63, 3.8) is 0 Å². The number of alkyl halides is 2. The van der Waals surface area contributed by atoms with Crippen LogP contribution >= 0.6 is 55.2 Å². The van der Waals surface area contributed by atoms with E-state index in [1.807, 2.05) is 19.9 Å². The smallest absolute Gasteiger partial charge is 0.323 e. The molecule has 0 aromatic carbocycles. The summed E-state index contributed by atoms with van der Waals surface area (Å²) >= 11 is 17.9. The van der Waals surface area contributed by atoms with Crippen LogP contribution in [0.2, 0.25) is 0 Å². The summed E-state index contributed by atoms with van der Waals surface area (Å²) in [6, 6.07) is 1.90. The van der Waals surface area contributed by atoms with Crippen LogP contribution in [0.3, 0.4) is 0 Å². The van der Waals surface area contributed by atoms with Gasteiger partial charge in [0.1, 0.15) is 4.33 Å². The van der Waals surface area contributed by atoms with Crippen LogP contribution in [0.4, 0.5) is 0 Å². The monoisotopic (exact) mass is 405 g/mol. The van der Waals surface area contributed by atoms with Crippen LogP contribution in [-0.2, 0) is 9.09 Å². The van der Waals surface area contributed by atoms with Crippen molar-refractivity contribution in [2.45, 2.75) is 60.5 Å². The van der Waals surface area contributed by atoms with E-state index in [1.165, 1.54) is 18.7 Å². The van der Waals surface area contributed by atoms with Gasteiger partial charge >= 0.3 is 7.60 Å². The summed E-state index contributed by atoms with van der Waals surface area (Å²) in [5.74, 6) is -0.536. The first-order chi connectivity index (χ1) is 9.74. The van der Waals surface area contributed by atoms with Gasteiger partial charge < -0.3 is 4.89 Å². The molecule has 128 valence electrons. The van der Waals surface area contributed by atoms with E-state index in [-0.39, 0.29) is 5.25 Å². The zero-order chi connectivity index (χ0) is 17.6. The summed E-state index contributed by atoms with van der Waals surface area (Å²) in [4.78, 5) is 10.3. The lowest BCUT2D eigenvalue weighted by molar-refractivity contribution is 0.183. The third-order valence-corrected chi connectivity index (χ3v) is 10.4. The molecule has 1 fully saturated rings. The second-order valence-electron chi connectivity index (χ2n) is 6.27. The molecule has 1 saturated carbocycles. The predicted octanol–water partition coefficient (Wildman–Crippen LogP) is 5.05. The van der Waals surface area contributed by atoms with Crippen molar-refractivity contribution in [2.75, 3.05) is 0 Å². The van der Waals surface area contributed by atoms with E-state index in [1.54, 1.807) is 13.8 Å². The standard InChI is InChI=1S/C13H22Cl2NO3PS2/c1-6-8(2)22-12(5,21)20(17,18)19-9(7-16)10-11(3,4)13(10,14)15/h8-10,21H,6H2,1-5H3,(H,17,18). The minimum absolute atomic E-state index is 0.129. The highest BCUT2D eigenvalue weighted by atomic mass is 35.5. The van der Waals surface area contributed by atoms with Gasteiger partial charge in [-0.25, -0.2) is 0 Å². The molecule has 1 aliphatic rings. The Morgan fingerprint density at radius 1 is 1.59 bits per heavy atom. The fraction of sp³-hybridized carbons (Fsp3) is 0.923. The second kappa shape index (κ2) is 6.67. The molecular formula is C13H22Cl2NO3PS2. The Balaban J connectivity index is 2.92. The van der Waals surface area contributed by atoms with Crippen molar-refractivity contribution in [2.24, 2.45) is 11.3 Å². The number of hydrogen-bond acceptors (Lipinski definition) is 5. The Bertz CT molecular complexity index is 508. The van der Waals surface area contributed by atoms with Crippen molar-refractivity contribution in [3.05, 3.63) is 0 Å². The van der Waals surface area contributed by atoms with Crippen LogP contribution in [0.5, 0.6) is 0 Å². The average molecular weight is 406 g/mol. The van der Waals surface area contributed by atoms with Crippen LogP contribution < -0.4 is 0 Å². The minimum atomic E-state index is -4.17. The Kier molecular flexibility index (Phi) is 6.36. The molecule has 0 heterocycles. The Hall–Kier alpha value is 0.920. The van der Waals surface area contributed by atoms with Gasteiger partial charge in [-0.1, -0.05) is 27.7 Å². The van der Waals surface area contributed by atoms with E-state index in [9.17, 15) is 14.7 Å². The van der Waals surface area contributed by atoms with Gasteiger partial charge in [0.15, 0.2) is 9.92 Å². The van der Waals surface area contributed by atoms with Gasteiger partial charge in [-0.3, -0.25) is 9.09 Å². The molecule has 9 heteroatoms. The third-order valence-electron chi connectivity index (χ3n) is 4.15. The topological polar surface area (TPSA) is 70.3 Å². The van der Waals surface area contributed by atoms with E-state index in [0.717, 1.165) is 6.42 Å². The van der Waals surface area contributed by atoms with Crippen molar-refractivity contribution < 1.29 is 14.0 Å². The molecule has 0 saturated heterocycles. The molecule has 0 radical (unpaired) electrons. The van der Waals surface area contributed by atoms with Crippen LogP contribution in [0.1, 0.15) is 41.0 Å². The quantitative estimate of drug-likeness (QED) is 0.268. The van der Waals surface area contributed by atoms with Gasteiger partial charge in [0.2, 0.25) is 0 Å². The Morgan fingerprint density at radius 2 is 2.05 bits per heavy atom. The molecule has 0 amide bonds. The number of nitrogens with zero attached hydrogens (tertiary/aromatic N) is 1. The maximum atomic E-state index is 12.6. The highest BCUT2D eigenvalue weighted by Crippen LogP contribution is 2.73. The summed E-state index contributed by atoms with van der Waals surface area (Å²) < 4.78 is 15.4. The van der Waals surface area contributed by atoms with Gasteiger partial charge in [-0.2, -0.15) is 5.26 Å². The Morgan fingerprint density at radius 3 is 2.36 bits per heavy atom. The van der Waals surface area contributed by atoms with Crippen molar-refractivity contribution in [1.82, 2.24) is 0 Å². The molecule has 1 aliphatic carbocycles. The van der Waals surface area contributed by atoms with Gasteiger partial charge in [-0.05, 0) is 13.3 Å². The van der Waals surface area contributed by atoms with Crippen LogP contribution in [0.25, 0.3) is 0 Å². The molecular weight excluding hydrogens is 384 g/mol. The summed E-state index contributed by atoms with van der Waals surface area (Å²) in [6.45, 7) is 9.02. The summed E-state index contributed by atoms with van der Waals surface area (Å²) in [5, 5.41) is 9.43. The van der Waals surface area contributed by atoms with Crippen molar-refractivity contribution >= 4 is 55.2 Å². The number of halogens is 2. The van der Waals surface area contributed by atoms with E-state index in [2.05, 4.69) is 12.6 Å². The fourth-order valence-corrected chi connectivity index (χ4v) is 6.59. The number of hydrogen-bond donors (Lipinski definition) is 2. The maximum absolute atomic E-state index is 12.6. The Labute approximate surface area is 152 Å². The van der Waals surface area contributed by atoms with E-state index in [4.69, 9.17) is 27.7 Å². The zero-order valence-corrected chi connectivity index (χ0v) is 17.3. The number of nitriles is 1. The average Bonchev–Trinajstić information content (AvgIpc) is 2.76. The predicted molar refractivity (Wildman–Crippen MR) is 96.8 cm³/mol. The van der Waals surface area contributed by atoms with Crippen molar-refractivity contribution in [1.29, 1.82) is 5.26 Å². The third kappa shape index (κ3) is 3.77. The van der Waals surface area contributed by atoms with Crippen LogP contribution in [0, 0.1) is 22.7 Å². The molecule has 1 N–H and O–H groups in total. The van der Waals surface area contributed by atoms with Gasteiger partial charge in [0, 0.05) is 16.6 Å². The largest absolute Gasteiger partial charge is 0.354 e. The first-order valence-electron chi connectivity index (χ1n) is 6.93. The highest BCUT2D eigenvalue weighted by Gasteiger charge is 2.74. The molecule has 4 nitrogen and oxygen atoms in total. The molecule has 1 rings (SSSR count). The molecule has 0 aromatic heterocycles. The van der Waals surface area contributed by atoms with Crippen LogP contribution in [0.15, 0.2) is 0 Å². The van der Waals surface area contributed by atoms with E-state index in [0.29, 0.717) is 0 Å². The molecule has 0 aliphatic heterocycles. The fourth-order valence-electron chi connectivity index (χ4n) is 2.21. The number of rotatable bonds is 7. The molecule has 5 atom stereocenters. The minimum Gasteiger partial charge on any atom is -0.323 e. The van der Waals surface area contributed by atoms with Gasteiger partial charge in [0.05, 0.1) is 6.07 Å². The zero-order valence-electron chi connectivity index (χ0n) is 13.2. The molecule has 0 bridgehead atoms. The normalized spacial score (nSPS) is 30.5. The maximum Gasteiger partial charge on any atom is 0.354 e. The summed E-state index contributed by atoms with van der Waals surface area (Å²) in [7, 11) is -4.17. The number of thioether (sulfide) groups is 1. The molecule has 5 unspecified atom stereocenters. The second-order valence-corrected chi connectivity index (χ2v) is 13.5. The summed E-state index contributed by atoms with van der Waals surface area (Å²) in [6.07, 6.45) is -0.338. The first kappa shape index (κ1) is 21.0. The van der Waals surface area contributed by atoms with E-state index < -0.39 is 33.2 Å². The van der Waals surface area contributed by atoms with Gasteiger partial charge in [-0.15, -0.1) is 47.6 Å². The lowest BCUT2D eigenvalue weighted by Gasteiger charge is -2.31. The number of thiol groups is 1. The molecule has 0 aromatic rings. The lowest BCUT2D eigenvalue weighted by atomic mass is 10.1. The highest BCUT2D eigenvalue weighted by molar-refractivity contribution is 8.19.